The van der Waals surface area contributed by atoms with Crippen LogP contribution in [0.1, 0.15) is 5.69 Å². The van der Waals surface area contributed by atoms with E-state index in [1.165, 1.54) is 7.05 Å². The third kappa shape index (κ3) is 2.45. The Hall–Kier alpha value is -2.71. The van der Waals surface area contributed by atoms with E-state index in [0.29, 0.717) is 17.2 Å². The Kier molecular flexibility index (Phi) is 3.10. The van der Waals surface area contributed by atoms with Crippen LogP contribution in [0.5, 0.6) is 0 Å². The highest BCUT2D eigenvalue weighted by Crippen LogP contribution is 2.09. The summed E-state index contributed by atoms with van der Waals surface area (Å²) in [7, 11) is 1.50. The van der Waals surface area contributed by atoms with Crippen LogP contribution in [-0.2, 0) is 0 Å². The van der Waals surface area contributed by atoms with Gasteiger partial charge in [-0.25, -0.2) is 15.5 Å². The highest BCUT2D eigenvalue weighted by Gasteiger charge is 2.07. The monoisotopic (exact) mass is 231 g/mol. The van der Waals surface area contributed by atoms with Crippen molar-refractivity contribution in [3.63, 3.8) is 0 Å². The van der Waals surface area contributed by atoms with Crippen LogP contribution in [0.15, 0.2) is 28.5 Å². The van der Waals surface area contributed by atoms with E-state index in [1.807, 2.05) is 0 Å². The molecule has 0 aliphatic rings. The first-order valence-corrected chi connectivity index (χ1v) is 4.66. The molecule has 0 aliphatic heterocycles. The van der Waals surface area contributed by atoms with E-state index in [4.69, 9.17) is 5.41 Å². The van der Waals surface area contributed by atoms with Crippen LogP contribution in [0.2, 0.25) is 0 Å². The minimum absolute atomic E-state index is 0.0462. The van der Waals surface area contributed by atoms with Gasteiger partial charge in [-0.05, 0) is 22.6 Å². The Bertz CT molecular complexity index is 530. The van der Waals surface area contributed by atoms with E-state index in [0.717, 1.165) is 0 Å². The van der Waals surface area contributed by atoms with E-state index < -0.39 is 0 Å². The average Bonchev–Trinajstić information content (AvgIpc) is 2.90. The van der Waals surface area contributed by atoms with Gasteiger partial charge in [-0.3, -0.25) is 5.41 Å². The highest BCUT2D eigenvalue weighted by molar-refractivity contribution is 5.94. The first-order chi connectivity index (χ1) is 8.31. The lowest BCUT2D eigenvalue weighted by Gasteiger charge is -2.02. The fraction of sp³-hybridized carbons (Fsp3) is 0.125. The van der Waals surface area contributed by atoms with Crippen LogP contribution in [-0.4, -0.2) is 38.5 Å². The topological polar surface area (TPSA) is 128 Å². The second-order valence-electron chi connectivity index (χ2n) is 2.94. The number of nitrogens with zero attached hydrogens (tertiary/aromatic N) is 6. The van der Waals surface area contributed by atoms with Gasteiger partial charge in [-0.2, -0.15) is 5.11 Å². The predicted octanol–water partition coefficient (Wildman–Crippen LogP) is 0.174. The lowest BCUT2D eigenvalue weighted by Crippen LogP contribution is -2.18. The van der Waals surface area contributed by atoms with Gasteiger partial charge in [0.2, 0.25) is 0 Å². The number of hydrogen-bond acceptors (Lipinski definition) is 7. The molecule has 9 nitrogen and oxygen atoms in total. The fourth-order valence-electron chi connectivity index (χ4n) is 1.13. The highest BCUT2D eigenvalue weighted by atomic mass is 15.5. The molecule has 2 aromatic heterocycles. The summed E-state index contributed by atoms with van der Waals surface area (Å²) in [6, 6.07) is 5.16. The van der Waals surface area contributed by atoms with Gasteiger partial charge in [0, 0.05) is 0 Å². The molecule has 0 saturated carbocycles. The lowest BCUT2D eigenvalue weighted by atomic mass is 10.3. The molecular formula is C8H9N9. The van der Waals surface area contributed by atoms with Crippen LogP contribution >= 0.6 is 0 Å². The second-order valence-corrected chi connectivity index (χ2v) is 2.94. The van der Waals surface area contributed by atoms with Crippen LogP contribution in [0.4, 0.5) is 0 Å². The van der Waals surface area contributed by atoms with Crippen molar-refractivity contribution in [1.82, 2.24) is 31.0 Å². The number of pyridine rings is 1. The van der Waals surface area contributed by atoms with Crippen LogP contribution in [0.25, 0.3) is 11.5 Å². The van der Waals surface area contributed by atoms with Crippen LogP contribution < -0.4 is 5.43 Å². The maximum atomic E-state index is 7.67. The minimum atomic E-state index is 0.0462. The largest absolute Gasteiger partial charge is 0.281 e. The zero-order valence-electron chi connectivity index (χ0n) is 8.92. The van der Waals surface area contributed by atoms with Gasteiger partial charge in [0.1, 0.15) is 11.4 Å². The second kappa shape index (κ2) is 4.88. The molecule has 2 rings (SSSR count). The number of rotatable bonds is 3. The normalized spacial score (nSPS) is 10.6. The molecule has 0 atom stereocenters. The van der Waals surface area contributed by atoms with Gasteiger partial charge in [-0.1, -0.05) is 11.3 Å². The summed E-state index contributed by atoms with van der Waals surface area (Å²) in [6.45, 7) is 0. The van der Waals surface area contributed by atoms with Crippen molar-refractivity contribution in [3.05, 3.63) is 23.9 Å². The molecule has 2 aromatic rings. The number of H-pyrrole nitrogens is 1. The predicted molar refractivity (Wildman–Crippen MR) is 58.2 cm³/mol. The summed E-state index contributed by atoms with van der Waals surface area (Å²) in [5, 5.41) is 27.9. The molecule has 17 heavy (non-hydrogen) atoms. The number of nitrogens with one attached hydrogen (secondary N) is 3. The number of tetrazole rings is 1. The molecule has 0 fully saturated rings. The number of aromatic nitrogens is 5. The number of aromatic amines is 1. The maximum Gasteiger partial charge on any atom is 0.198 e. The molecule has 0 bridgehead atoms. The van der Waals surface area contributed by atoms with Gasteiger partial charge in [0.05, 0.1) is 7.05 Å². The molecule has 0 unspecified atom stereocenters. The molecule has 0 aliphatic carbocycles. The Labute approximate surface area is 95.9 Å². The first-order valence-electron chi connectivity index (χ1n) is 4.66. The van der Waals surface area contributed by atoms with Crippen molar-refractivity contribution in [3.8, 4) is 11.5 Å². The summed E-state index contributed by atoms with van der Waals surface area (Å²) in [6.07, 6.45) is 0. The standard InChI is InChI=1S/C8H9N9/c1-10-15-12-7(9)5-3-2-4-6(11-5)8-13-16-17-14-8/h2-4H,1H3,(H2,9,10,12)(H,13,14,16,17). The summed E-state index contributed by atoms with van der Waals surface area (Å²) < 4.78 is 0. The van der Waals surface area contributed by atoms with Crippen molar-refractivity contribution in [1.29, 1.82) is 5.41 Å². The Balaban J connectivity index is 2.26. The van der Waals surface area contributed by atoms with Gasteiger partial charge in [0.15, 0.2) is 11.7 Å². The van der Waals surface area contributed by atoms with E-state index in [1.54, 1.807) is 18.2 Å². The molecular weight excluding hydrogens is 222 g/mol. The van der Waals surface area contributed by atoms with Crippen molar-refractivity contribution in [2.75, 3.05) is 7.05 Å². The summed E-state index contributed by atoms with van der Waals surface area (Å²) in [5.74, 6) is 0.488. The smallest absolute Gasteiger partial charge is 0.198 e. The van der Waals surface area contributed by atoms with Gasteiger partial charge in [-0.15, -0.1) is 5.10 Å². The molecule has 0 aromatic carbocycles. The fourth-order valence-corrected chi connectivity index (χ4v) is 1.13. The molecule has 9 heteroatoms. The molecule has 0 radical (unpaired) electrons. The Morgan fingerprint density at radius 3 is 3.06 bits per heavy atom. The van der Waals surface area contributed by atoms with E-state index in [9.17, 15) is 0 Å². The first kappa shape index (κ1) is 10.8. The summed E-state index contributed by atoms with van der Waals surface area (Å²) in [5.41, 5.74) is 3.41. The lowest BCUT2D eigenvalue weighted by molar-refractivity contribution is 0.881. The Morgan fingerprint density at radius 2 is 2.35 bits per heavy atom. The Morgan fingerprint density at radius 1 is 1.47 bits per heavy atom. The summed E-state index contributed by atoms with van der Waals surface area (Å²) >= 11 is 0. The molecule has 2 heterocycles. The van der Waals surface area contributed by atoms with Crippen molar-refractivity contribution in [2.24, 2.45) is 10.3 Å². The zero-order chi connectivity index (χ0) is 12.1. The van der Waals surface area contributed by atoms with Crippen molar-refractivity contribution in [2.45, 2.75) is 0 Å². The third-order valence-electron chi connectivity index (χ3n) is 1.85. The van der Waals surface area contributed by atoms with Crippen LogP contribution in [0.3, 0.4) is 0 Å². The average molecular weight is 231 g/mol. The molecule has 0 spiro atoms. The molecule has 86 valence electrons. The van der Waals surface area contributed by atoms with E-state index in [-0.39, 0.29) is 5.84 Å². The minimum Gasteiger partial charge on any atom is -0.281 e. The summed E-state index contributed by atoms with van der Waals surface area (Å²) in [4.78, 5) is 4.21. The SMILES string of the molecule is C/N=N\NC(=N)c1cccc(-c2nnn[nH]2)n1. The number of hydrogen-bond donors (Lipinski definition) is 3. The molecule has 0 amide bonds. The molecule has 3 N–H and O–H groups in total. The van der Waals surface area contributed by atoms with Gasteiger partial charge < -0.3 is 0 Å². The number of amidine groups is 1. The zero-order valence-corrected chi connectivity index (χ0v) is 8.92. The van der Waals surface area contributed by atoms with Crippen molar-refractivity contribution >= 4 is 5.84 Å². The molecule has 0 saturated heterocycles. The van der Waals surface area contributed by atoms with Crippen molar-refractivity contribution < 1.29 is 0 Å². The maximum absolute atomic E-state index is 7.67. The van der Waals surface area contributed by atoms with Gasteiger partial charge >= 0.3 is 0 Å². The van der Waals surface area contributed by atoms with E-state index >= 15 is 0 Å². The quantitative estimate of drug-likeness (QED) is 0.300. The van der Waals surface area contributed by atoms with E-state index in [2.05, 4.69) is 41.4 Å². The van der Waals surface area contributed by atoms with Crippen LogP contribution in [0, 0.1) is 5.41 Å². The van der Waals surface area contributed by atoms with Gasteiger partial charge in [0.25, 0.3) is 0 Å². The third-order valence-corrected chi connectivity index (χ3v) is 1.85.